The molecule has 0 aliphatic heterocycles. The largest absolute Gasteiger partial charge is 0.454 e. The van der Waals surface area contributed by atoms with Crippen molar-refractivity contribution < 1.29 is 22.7 Å². The smallest absolute Gasteiger partial charge is 0.338 e. The summed E-state index contributed by atoms with van der Waals surface area (Å²) in [5.74, 6) is -1.11. The van der Waals surface area contributed by atoms with Gasteiger partial charge in [-0.2, -0.15) is 4.31 Å². The van der Waals surface area contributed by atoms with Gasteiger partial charge in [-0.05, 0) is 45.0 Å². The van der Waals surface area contributed by atoms with E-state index in [1.54, 1.807) is 19.9 Å². The lowest BCUT2D eigenvalue weighted by molar-refractivity contribution is 0.0474. The molecule has 0 unspecified atom stereocenters. The summed E-state index contributed by atoms with van der Waals surface area (Å²) in [6.07, 6.45) is 0. The second-order valence-corrected chi connectivity index (χ2v) is 9.08. The van der Waals surface area contributed by atoms with Crippen LogP contribution in [-0.4, -0.2) is 48.7 Å². The monoisotopic (exact) mass is 454 g/mol. The zero-order valence-corrected chi connectivity index (χ0v) is 19.4. The molecule has 30 heavy (non-hydrogen) atoms. The molecule has 0 aliphatic carbocycles. The third-order valence-corrected chi connectivity index (χ3v) is 7.55. The van der Waals surface area contributed by atoms with Crippen molar-refractivity contribution in [2.45, 2.75) is 46.1 Å². The maximum Gasteiger partial charge on any atom is 0.338 e. The van der Waals surface area contributed by atoms with Crippen LogP contribution in [0.5, 0.6) is 0 Å². The van der Waals surface area contributed by atoms with Crippen molar-refractivity contribution in [1.29, 1.82) is 0 Å². The lowest BCUT2D eigenvalue weighted by Crippen LogP contribution is -2.31. The van der Waals surface area contributed by atoms with Gasteiger partial charge in [-0.3, -0.25) is 4.79 Å². The number of aromatic nitrogens is 1. The van der Waals surface area contributed by atoms with Gasteiger partial charge in [-0.1, -0.05) is 25.4 Å². The highest BCUT2D eigenvalue weighted by atomic mass is 35.5. The predicted molar refractivity (Wildman–Crippen MR) is 116 cm³/mol. The van der Waals surface area contributed by atoms with Crippen molar-refractivity contribution >= 4 is 33.4 Å². The summed E-state index contributed by atoms with van der Waals surface area (Å²) < 4.78 is 33.9. The molecule has 0 atom stereocenters. The van der Waals surface area contributed by atoms with Crippen LogP contribution in [-0.2, 0) is 21.3 Å². The Bertz CT molecular complexity index is 1060. The van der Waals surface area contributed by atoms with E-state index in [9.17, 15) is 18.0 Å². The molecule has 7 nitrogen and oxygen atoms in total. The maximum absolute atomic E-state index is 12.8. The Morgan fingerprint density at radius 2 is 1.73 bits per heavy atom. The van der Waals surface area contributed by atoms with Crippen molar-refractivity contribution in [2.75, 3.05) is 19.7 Å². The Morgan fingerprint density at radius 3 is 2.27 bits per heavy atom. The second-order valence-electron chi connectivity index (χ2n) is 6.76. The molecular weight excluding hydrogens is 428 g/mol. The molecule has 0 saturated heterocycles. The van der Waals surface area contributed by atoms with Gasteiger partial charge in [-0.25, -0.2) is 13.2 Å². The maximum atomic E-state index is 12.8. The number of carbonyl (C=O) groups is 2. The molecule has 0 amide bonds. The van der Waals surface area contributed by atoms with Crippen molar-refractivity contribution in [3.8, 4) is 0 Å². The molecule has 1 heterocycles. The van der Waals surface area contributed by atoms with Crippen LogP contribution in [0.1, 0.15) is 52.9 Å². The predicted octanol–water partition coefficient (Wildman–Crippen LogP) is 3.85. The van der Waals surface area contributed by atoms with E-state index >= 15 is 0 Å². The van der Waals surface area contributed by atoms with Gasteiger partial charge in [0.15, 0.2) is 6.61 Å². The number of hydrogen-bond donors (Lipinski definition) is 0. The summed E-state index contributed by atoms with van der Waals surface area (Å²) in [5.41, 5.74) is 2.28. The van der Waals surface area contributed by atoms with Gasteiger partial charge < -0.3 is 9.30 Å². The van der Waals surface area contributed by atoms with Gasteiger partial charge in [0.25, 0.3) is 0 Å². The molecule has 1 aromatic heterocycles. The number of halogens is 1. The summed E-state index contributed by atoms with van der Waals surface area (Å²) >= 11 is 6.08. The molecule has 0 saturated carbocycles. The molecule has 0 radical (unpaired) electrons. The molecular formula is C21H27ClN2O5S. The quantitative estimate of drug-likeness (QED) is 0.424. The molecule has 164 valence electrons. The van der Waals surface area contributed by atoms with E-state index in [0.717, 1.165) is 17.9 Å². The molecule has 1 aromatic carbocycles. The van der Waals surface area contributed by atoms with E-state index in [-0.39, 0.29) is 34.4 Å². The average Bonchev–Trinajstić information content (AvgIpc) is 3.00. The van der Waals surface area contributed by atoms with Crippen LogP contribution >= 0.6 is 11.6 Å². The molecule has 0 spiro atoms. The Balaban J connectivity index is 2.21. The first-order valence-electron chi connectivity index (χ1n) is 9.75. The summed E-state index contributed by atoms with van der Waals surface area (Å²) in [7, 11) is -3.85. The van der Waals surface area contributed by atoms with Crippen LogP contribution in [0, 0.1) is 13.8 Å². The zero-order chi connectivity index (χ0) is 22.6. The first-order valence-corrected chi connectivity index (χ1v) is 11.6. The Kier molecular flexibility index (Phi) is 7.85. The average molecular weight is 455 g/mol. The van der Waals surface area contributed by atoms with Gasteiger partial charge in [0.05, 0.1) is 10.6 Å². The first kappa shape index (κ1) is 24.1. The number of rotatable bonds is 9. The minimum Gasteiger partial charge on any atom is -0.454 e. The summed E-state index contributed by atoms with van der Waals surface area (Å²) in [4.78, 5) is 24.8. The fraction of sp³-hybridized carbons (Fsp3) is 0.429. The zero-order valence-electron chi connectivity index (χ0n) is 17.9. The Labute approximate surface area is 182 Å². The summed E-state index contributed by atoms with van der Waals surface area (Å²) in [6, 6.07) is 5.67. The number of hydrogen-bond acceptors (Lipinski definition) is 5. The van der Waals surface area contributed by atoms with E-state index in [1.165, 1.54) is 22.5 Å². The molecule has 0 bridgehead atoms. The van der Waals surface area contributed by atoms with E-state index < -0.39 is 22.6 Å². The fourth-order valence-electron chi connectivity index (χ4n) is 3.39. The highest BCUT2D eigenvalue weighted by Gasteiger charge is 2.26. The lowest BCUT2D eigenvalue weighted by Gasteiger charge is -2.19. The van der Waals surface area contributed by atoms with Crippen molar-refractivity contribution in [2.24, 2.45) is 0 Å². The van der Waals surface area contributed by atoms with Gasteiger partial charge in [-0.15, -0.1) is 0 Å². The highest BCUT2D eigenvalue weighted by Crippen LogP contribution is 2.26. The van der Waals surface area contributed by atoms with Gasteiger partial charge in [0, 0.05) is 36.6 Å². The van der Waals surface area contributed by atoms with Crippen molar-refractivity contribution in [3.63, 3.8) is 0 Å². The first-order chi connectivity index (χ1) is 14.1. The number of esters is 1. The molecule has 0 N–H and O–H groups in total. The number of sulfonamides is 1. The number of benzene rings is 1. The fourth-order valence-corrected chi connectivity index (χ4v) is 5.35. The second kappa shape index (κ2) is 9.76. The highest BCUT2D eigenvalue weighted by molar-refractivity contribution is 7.89. The lowest BCUT2D eigenvalue weighted by atomic mass is 10.1. The van der Waals surface area contributed by atoms with Crippen LogP contribution in [0.25, 0.3) is 0 Å². The van der Waals surface area contributed by atoms with Crippen molar-refractivity contribution in [1.82, 2.24) is 8.87 Å². The van der Waals surface area contributed by atoms with Gasteiger partial charge in [0.2, 0.25) is 15.8 Å². The van der Waals surface area contributed by atoms with Crippen LogP contribution in [0.2, 0.25) is 5.02 Å². The topological polar surface area (TPSA) is 85.7 Å². The summed E-state index contributed by atoms with van der Waals surface area (Å²) in [5, 5.41) is 0.0153. The Hall–Kier alpha value is -2.16. The van der Waals surface area contributed by atoms with E-state index in [4.69, 9.17) is 16.3 Å². The van der Waals surface area contributed by atoms with Crippen LogP contribution < -0.4 is 0 Å². The van der Waals surface area contributed by atoms with E-state index in [1.807, 2.05) is 25.3 Å². The number of nitrogens with zero attached hydrogens (tertiary/aromatic N) is 2. The molecule has 0 fully saturated rings. The minimum absolute atomic E-state index is 0.0111. The number of ether oxygens (including phenoxy) is 1. The molecule has 9 heteroatoms. The summed E-state index contributed by atoms with van der Waals surface area (Å²) in [6.45, 7) is 10.0. The number of ketones is 1. The van der Waals surface area contributed by atoms with E-state index in [2.05, 4.69) is 0 Å². The standard InChI is InChI=1S/C21H27ClN2O5S/c1-6-23(7-2)30(27,28)20-12-16(9-10-18(20)22)21(26)29-13-19(25)17-11-14(4)24(8-3)15(17)5/h9-12H,6-8,13H2,1-5H3. The Morgan fingerprint density at radius 1 is 1.10 bits per heavy atom. The number of carbonyl (C=O) groups excluding carboxylic acids is 2. The molecule has 0 aliphatic rings. The van der Waals surface area contributed by atoms with Crippen LogP contribution in [0.15, 0.2) is 29.2 Å². The van der Waals surface area contributed by atoms with E-state index in [0.29, 0.717) is 5.56 Å². The third-order valence-electron chi connectivity index (χ3n) is 5.01. The third kappa shape index (κ3) is 4.77. The van der Waals surface area contributed by atoms with Crippen molar-refractivity contribution in [3.05, 3.63) is 51.8 Å². The normalized spacial score (nSPS) is 11.7. The van der Waals surface area contributed by atoms with Gasteiger partial charge in [0.1, 0.15) is 4.90 Å². The number of aryl methyl sites for hydroxylation is 1. The van der Waals surface area contributed by atoms with Crippen LogP contribution in [0.4, 0.5) is 0 Å². The van der Waals surface area contributed by atoms with Gasteiger partial charge >= 0.3 is 5.97 Å². The molecule has 2 rings (SSSR count). The van der Waals surface area contributed by atoms with Crippen LogP contribution in [0.3, 0.4) is 0 Å². The minimum atomic E-state index is -3.85. The molecule has 2 aromatic rings. The number of Topliss-reactive ketones (excluding diaryl/α,β-unsaturated/α-hetero) is 1. The SMILES string of the molecule is CCN(CC)S(=O)(=O)c1cc(C(=O)OCC(=O)c2cc(C)n(CC)c2C)ccc1Cl.